The first kappa shape index (κ1) is 18.9. The van der Waals surface area contributed by atoms with E-state index in [0.717, 1.165) is 18.0 Å². The smallest absolute Gasteiger partial charge is 0.236 e. The van der Waals surface area contributed by atoms with Gasteiger partial charge in [0.15, 0.2) is 0 Å². The van der Waals surface area contributed by atoms with Crippen molar-refractivity contribution >= 4 is 17.2 Å². The molecule has 0 aliphatic carbocycles. The molecule has 1 saturated heterocycles. The first-order chi connectivity index (χ1) is 11.3. The number of hydrogen-bond donors (Lipinski definition) is 1. The van der Waals surface area contributed by atoms with Crippen molar-refractivity contribution in [2.45, 2.75) is 39.8 Å². The lowest BCUT2D eigenvalue weighted by Crippen LogP contribution is -2.52. The third-order valence-corrected chi connectivity index (χ3v) is 5.75. The second-order valence-electron chi connectivity index (χ2n) is 7.43. The summed E-state index contributed by atoms with van der Waals surface area (Å²) < 4.78 is 0. The molecule has 0 bridgehead atoms. The first-order valence-electron chi connectivity index (χ1n) is 8.51. The Kier molecular flexibility index (Phi) is 6.39. The van der Waals surface area contributed by atoms with Crippen LogP contribution >= 0.6 is 11.3 Å². The van der Waals surface area contributed by atoms with Gasteiger partial charge in [0.1, 0.15) is 6.04 Å². The molecule has 0 aromatic carbocycles. The van der Waals surface area contributed by atoms with E-state index in [1.807, 2.05) is 22.4 Å². The molecule has 0 saturated carbocycles. The van der Waals surface area contributed by atoms with Crippen LogP contribution in [0.25, 0.3) is 0 Å². The fraction of sp³-hybridized carbons (Fsp3) is 0.667. The van der Waals surface area contributed by atoms with E-state index in [1.165, 1.54) is 0 Å². The lowest BCUT2D eigenvalue weighted by molar-refractivity contribution is -0.132. The minimum atomic E-state index is -0.193. The van der Waals surface area contributed by atoms with E-state index in [1.54, 1.807) is 11.3 Å². The third kappa shape index (κ3) is 4.79. The first-order valence-corrected chi connectivity index (χ1v) is 9.39. The summed E-state index contributed by atoms with van der Waals surface area (Å²) >= 11 is 1.62. The molecule has 132 valence electrons. The van der Waals surface area contributed by atoms with Gasteiger partial charge in [-0.3, -0.25) is 9.69 Å². The largest absolute Gasteiger partial charge is 0.339 e. The number of nitrogens with one attached hydrogen (secondary N) is 1. The molecular formula is C18H28N4OS. The van der Waals surface area contributed by atoms with Gasteiger partial charge in [0.25, 0.3) is 0 Å². The van der Waals surface area contributed by atoms with Gasteiger partial charge in [-0.25, -0.2) is 0 Å². The van der Waals surface area contributed by atoms with Crippen molar-refractivity contribution in [1.29, 1.82) is 5.26 Å². The molecule has 2 atom stereocenters. The molecule has 0 spiro atoms. The summed E-state index contributed by atoms with van der Waals surface area (Å²) in [5, 5.41) is 14.8. The maximum Gasteiger partial charge on any atom is 0.236 e. The van der Waals surface area contributed by atoms with Crippen molar-refractivity contribution in [3.63, 3.8) is 0 Å². The highest BCUT2D eigenvalue weighted by molar-refractivity contribution is 7.10. The monoisotopic (exact) mass is 348 g/mol. The molecule has 1 N–H and O–H groups in total. The number of rotatable bonds is 5. The second kappa shape index (κ2) is 8.11. The van der Waals surface area contributed by atoms with Crippen LogP contribution < -0.4 is 5.32 Å². The van der Waals surface area contributed by atoms with Gasteiger partial charge in [-0.2, -0.15) is 5.26 Å². The molecule has 24 heavy (non-hydrogen) atoms. The van der Waals surface area contributed by atoms with Crippen molar-refractivity contribution in [2.75, 3.05) is 32.7 Å². The van der Waals surface area contributed by atoms with Gasteiger partial charge in [0.05, 0.1) is 12.6 Å². The Balaban J connectivity index is 1.82. The fourth-order valence-electron chi connectivity index (χ4n) is 2.66. The van der Waals surface area contributed by atoms with Crippen molar-refractivity contribution in [2.24, 2.45) is 5.41 Å². The SMILES string of the molecule is C[C@H](NCC(=O)N1CCN([C@H](C#N)c2cccs2)CC1)C(C)(C)C. The van der Waals surface area contributed by atoms with Gasteiger partial charge in [-0.15, -0.1) is 11.3 Å². The molecule has 5 nitrogen and oxygen atoms in total. The molecule has 2 heterocycles. The zero-order valence-electron chi connectivity index (χ0n) is 15.1. The number of carbonyl (C=O) groups is 1. The van der Waals surface area contributed by atoms with Gasteiger partial charge >= 0.3 is 0 Å². The van der Waals surface area contributed by atoms with E-state index in [4.69, 9.17) is 0 Å². The molecule has 2 rings (SSSR count). The van der Waals surface area contributed by atoms with Gasteiger partial charge in [-0.05, 0) is 23.8 Å². The highest BCUT2D eigenvalue weighted by Crippen LogP contribution is 2.25. The predicted octanol–water partition coefficient (Wildman–Crippen LogP) is 2.48. The number of piperazine rings is 1. The molecule has 6 heteroatoms. The summed E-state index contributed by atoms with van der Waals surface area (Å²) in [6, 6.07) is 6.47. The molecule has 1 aliphatic heterocycles. The summed E-state index contributed by atoms with van der Waals surface area (Å²) in [5.74, 6) is 0.149. The predicted molar refractivity (Wildman–Crippen MR) is 97.7 cm³/mol. The number of hydrogen-bond acceptors (Lipinski definition) is 5. The summed E-state index contributed by atoms with van der Waals surface area (Å²) in [6.07, 6.45) is 0. The molecule has 1 aromatic heterocycles. The average Bonchev–Trinajstić information content (AvgIpc) is 3.07. The highest BCUT2D eigenvalue weighted by atomic mass is 32.1. The molecule has 0 unspecified atom stereocenters. The number of nitrogens with zero attached hydrogens (tertiary/aromatic N) is 3. The van der Waals surface area contributed by atoms with Crippen LogP contribution in [0.15, 0.2) is 17.5 Å². The fourth-order valence-corrected chi connectivity index (χ4v) is 3.46. The molecule has 0 radical (unpaired) electrons. The third-order valence-electron chi connectivity index (χ3n) is 4.83. The van der Waals surface area contributed by atoms with E-state index in [2.05, 4.69) is 44.0 Å². The maximum atomic E-state index is 12.4. The Morgan fingerprint density at radius 1 is 1.38 bits per heavy atom. The quantitative estimate of drug-likeness (QED) is 0.888. The Morgan fingerprint density at radius 3 is 2.54 bits per heavy atom. The lowest BCUT2D eigenvalue weighted by atomic mass is 9.88. The van der Waals surface area contributed by atoms with Crippen molar-refractivity contribution in [1.82, 2.24) is 15.1 Å². The molecule has 1 aromatic rings. The van der Waals surface area contributed by atoms with Crippen LogP contribution in [-0.4, -0.2) is 54.5 Å². The Hall–Kier alpha value is -1.42. The zero-order chi connectivity index (χ0) is 17.7. The van der Waals surface area contributed by atoms with E-state index in [0.29, 0.717) is 19.6 Å². The topological polar surface area (TPSA) is 59.4 Å². The van der Waals surface area contributed by atoms with Crippen LogP contribution in [0.3, 0.4) is 0 Å². The summed E-state index contributed by atoms with van der Waals surface area (Å²) in [5.41, 5.74) is 0.139. The van der Waals surface area contributed by atoms with E-state index in [-0.39, 0.29) is 23.4 Å². The Labute approximate surface area is 149 Å². The zero-order valence-corrected chi connectivity index (χ0v) is 15.9. The van der Waals surface area contributed by atoms with Crippen LogP contribution in [0.4, 0.5) is 0 Å². The van der Waals surface area contributed by atoms with E-state index >= 15 is 0 Å². The van der Waals surface area contributed by atoms with E-state index < -0.39 is 0 Å². The van der Waals surface area contributed by atoms with Crippen molar-refractivity contribution in [3.05, 3.63) is 22.4 Å². The maximum absolute atomic E-state index is 12.4. The Bertz CT molecular complexity index is 565. The second-order valence-corrected chi connectivity index (χ2v) is 8.41. The number of carbonyl (C=O) groups excluding carboxylic acids is 1. The van der Waals surface area contributed by atoms with Crippen LogP contribution in [0.5, 0.6) is 0 Å². The van der Waals surface area contributed by atoms with Gasteiger partial charge in [0, 0.05) is 37.1 Å². The van der Waals surface area contributed by atoms with Crippen LogP contribution in [0, 0.1) is 16.7 Å². The van der Waals surface area contributed by atoms with Crippen LogP contribution in [0.2, 0.25) is 0 Å². The number of amides is 1. The summed E-state index contributed by atoms with van der Waals surface area (Å²) in [6.45, 7) is 11.9. The van der Waals surface area contributed by atoms with Crippen molar-refractivity contribution in [3.8, 4) is 6.07 Å². The Morgan fingerprint density at radius 2 is 2.04 bits per heavy atom. The lowest BCUT2D eigenvalue weighted by Gasteiger charge is -2.37. The van der Waals surface area contributed by atoms with Gasteiger partial charge < -0.3 is 10.2 Å². The molecule has 1 amide bonds. The highest BCUT2D eigenvalue weighted by Gasteiger charge is 2.28. The van der Waals surface area contributed by atoms with E-state index in [9.17, 15) is 10.1 Å². The standard InChI is InChI=1S/C18H28N4OS/c1-14(18(2,3)4)20-13-17(23)22-9-7-21(8-10-22)15(12-19)16-6-5-11-24-16/h5-6,11,14-15,20H,7-10,13H2,1-4H3/t14-,15+/m0/s1. The van der Waals surface area contributed by atoms with Crippen molar-refractivity contribution < 1.29 is 4.79 Å². The molecule has 1 fully saturated rings. The average molecular weight is 349 g/mol. The summed E-state index contributed by atoms with van der Waals surface area (Å²) in [4.78, 5) is 17.5. The minimum absolute atomic E-state index is 0.139. The summed E-state index contributed by atoms with van der Waals surface area (Å²) in [7, 11) is 0. The van der Waals surface area contributed by atoms with Gasteiger partial charge in [-0.1, -0.05) is 26.8 Å². The molecule has 1 aliphatic rings. The normalized spacial score (nSPS) is 18.9. The van der Waals surface area contributed by atoms with Crippen LogP contribution in [-0.2, 0) is 4.79 Å². The van der Waals surface area contributed by atoms with Crippen LogP contribution in [0.1, 0.15) is 38.6 Å². The molecular weight excluding hydrogens is 320 g/mol. The van der Waals surface area contributed by atoms with Gasteiger partial charge in [0.2, 0.25) is 5.91 Å². The number of nitriles is 1. The number of thiophene rings is 1. The minimum Gasteiger partial charge on any atom is -0.339 e.